The quantitative estimate of drug-likeness (QED) is 0.781. The summed E-state index contributed by atoms with van der Waals surface area (Å²) in [6.07, 6.45) is 1.22. The molecule has 0 heterocycles. The van der Waals surface area contributed by atoms with Crippen LogP contribution in [0.1, 0.15) is 40.9 Å². The predicted molar refractivity (Wildman–Crippen MR) is 70.4 cm³/mol. The summed E-state index contributed by atoms with van der Waals surface area (Å²) in [7, 11) is 0. The molecule has 0 aliphatic rings. The molecule has 0 saturated heterocycles. The zero-order valence-corrected chi connectivity index (χ0v) is 10.6. The fourth-order valence-electron chi connectivity index (χ4n) is 2.12. The van der Waals surface area contributed by atoms with E-state index in [-0.39, 0.29) is 11.1 Å². The summed E-state index contributed by atoms with van der Waals surface area (Å²) in [6, 6.07) is 3.11. The van der Waals surface area contributed by atoms with Crippen LogP contribution in [0.25, 0.3) is 5.57 Å². The Balaban J connectivity index is 3.53. The van der Waals surface area contributed by atoms with Crippen molar-refractivity contribution in [1.29, 1.82) is 0 Å². The molecule has 18 heavy (non-hydrogen) atoms. The average Bonchev–Trinajstić information content (AvgIpc) is 2.35. The molecule has 3 N–H and O–H groups in total. The molecule has 96 valence electrons. The lowest BCUT2D eigenvalue weighted by atomic mass is 9.89. The smallest absolute Gasteiger partial charge is 0.335 e. The molecule has 0 fully saturated rings. The molecule has 0 atom stereocenters. The van der Waals surface area contributed by atoms with Crippen molar-refractivity contribution >= 4 is 17.4 Å². The van der Waals surface area contributed by atoms with Crippen molar-refractivity contribution in [3.05, 3.63) is 41.0 Å². The van der Waals surface area contributed by atoms with Gasteiger partial charge >= 0.3 is 5.97 Å². The molecule has 0 aliphatic heterocycles. The van der Waals surface area contributed by atoms with Crippen molar-refractivity contribution in [2.75, 3.05) is 0 Å². The number of aromatic carboxylic acids is 1. The Morgan fingerprint density at radius 1 is 1.17 bits per heavy atom. The van der Waals surface area contributed by atoms with Gasteiger partial charge in [-0.05, 0) is 35.6 Å². The highest BCUT2D eigenvalue weighted by molar-refractivity contribution is 6.18. The SMILES string of the molecule is C=C(C(N)=O)c1ccc(C(=O)O)c(CC)c1CC. The topological polar surface area (TPSA) is 80.4 Å². The van der Waals surface area contributed by atoms with Crippen molar-refractivity contribution < 1.29 is 14.7 Å². The molecule has 1 aromatic carbocycles. The number of hydrogen-bond acceptors (Lipinski definition) is 2. The zero-order chi connectivity index (χ0) is 13.9. The van der Waals surface area contributed by atoms with E-state index in [0.29, 0.717) is 18.4 Å². The number of carbonyl (C=O) groups is 2. The molecule has 0 unspecified atom stereocenters. The Morgan fingerprint density at radius 3 is 2.00 bits per heavy atom. The van der Waals surface area contributed by atoms with E-state index in [1.54, 1.807) is 6.07 Å². The van der Waals surface area contributed by atoms with Gasteiger partial charge in [-0.1, -0.05) is 26.5 Å². The maximum atomic E-state index is 11.2. The summed E-state index contributed by atoms with van der Waals surface area (Å²) in [6.45, 7) is 7.46. The summed E-state index contributed by atoms with van der Waals surface area (Å²) < 4.78 is 0. The van der Waals surface area contributed by atoms with Crippen molar-refractivity contribution in [2.45, 2.75) is 26.7 Å². The highest BCUT2D eigenvalue weighted by Crippen LogP contribution is 2.25. The normalized spacial score (nSPS) is 10.1. The average molecular weight is 247 g/mol. The molecule has 1 aromatic rings. The second-order valence-electron chi connectivity index (χ2n) is 3.97. The molecular weight excluding hydrogens is 230 g/mol. The van der Waals surface area contributed by atoms with Gasteiger partial charge in [0.15, 0.2) is 0 Å². The minimum Gasteiger partial charge on any atom is -0.478 e. The number of carboxylic acids is 1. The van der Waals surface area contributed by atoms with Crippen LogP contribution in [0.3, 0.4) is 0 Å². The number of nitrogens with two attached hydrogens (primary N) is 1. The highest BCUT2D eigenvalue weighted by Gasteiger charge is 2.18. The number of rotatable bonds is 5. The van der Waals surface area contributed by atoms with E-state index in [0.717, 1.165) is 11.1 Å². The second-order valence-corrected chi connectivity index (χ2v) is 3.97. The molecule has 0 spiro atoms. The van der Waals surface area contributed by atoms with Crippen LogP contribution in [-0.4, -0.2) is 17.0 Å². The largest absolute Gasteiger partial charge is 0.478 e. The molecule has 0 saturated carbocycles. The van der Waals surface area contributed by atoms with E-state index >= 15 is 0 Å². The fourth-order valence-corrected chi connectivity index (χ4v) is 2.12. The van der Waals surface area contributed by atoms with Crippen molar-refractivity contribution in [3.63, 3.8) is 0 Å². The maximum Gasteiger partial charge on any atom is 0.335 e. The van der Waals surface area contributed by atoms with Gasteiger partial charge in [0.1, 0.15) is 0 Å². The highest BCUT2D eigenvalue weighted by atomic mass is 16.4. The number of carbonyl (C=O) groups excluding carboxylic acids is 1. The maximum absolute atomic E-state index is 11.2. The molecule has 0 aliphatic carbocycles. The molecule has 0 bridgehead atoms. The van der Waals surface area contributed by atoms with Crippen LogP contribution in [-0.2, 0) is 17.6 Å². The first-order chi connectivity index (χ1) is 8.43. The van der Waals surface area contributed by atoms with E-state index in [1.165, 1.54) is 6.07 Å². The van der Waals surface area contributed by atoms with Gasteiger partial charge in [0.2, 0.25) is 5.91 Å². The molecule has 1 rings (SSSR count). The van der Waals surface area contributed by atoms with E-state index in [9.17, 15) is 9.59 Å². The summed E-state index contributed by atoms with van der Waals surface area (Å²) >= 11 is 0. The number of hydrogen-bond donors (Lipinski definition) is 2. The molecule has 0 radical (unpaired) electrons. The second kappa shape index (κ2) is 5.49. The first kappa shape index (κ1) is 14.0. The molecular formula is C14H17NO3. The van der Waals surface area contributed by atoms with Crippen molar-refractivity contribution in [2.24, 2.45) is 5.73 Å². The standard InChI is InChI=1S/C14H17NO3/c1-4-9-10(5-2)12(14(17)18)7-6-11(9)8(3)13(15)16/h6-7H,3-5H2,1-2H3,(H2,15,16)(H,17,18). The van der Waals surface area contributed by atoms with E-state index in [4.69, 9.17) is 10.8 Å². The summed E-state index contributed by atoms with van der Waals surface area (Å²) in [5, 5.41) is 9.14. The third-order valence-corrected chi connectivity index (χ3v) is 2.99. The Hall–Kier alpha value is -2.10. The summed E-state index contributed by atoms with van der Waals surface area (Å²) in [5.41, 5.74) is 7.94. The van der Waals surface area contributed by atoms with Crippen LogP contribution in [0.5, 0.6) is 0 Å². The van der Waals surface area contributed by atoms with E-state index in [1.807, 2.05) is 13.8 Å². The zero-order valence-electron chi connectivity index (χ0n) is 10.6. The van der Waals surface area contributed by atoms with Gasteiger partial charge in [0.25, 0.3) is 0 Å². The van der Waals surface area contributed by atoms with Crippen LogP contribution < -0.4 is 5.73 Å². The van der Waals surface area contributed by atoms with Gasteiger partial charge < -0.3 is 10.8 Å². The van der Waals surface area contributed by atoms with Gasteiger partial charge in [-0.25, -0.2) is 4.79 Å². The van der Waals surface area contributed by atoms with E-state index < -0.39 is 11.9 Å². The molecule has 4 nitrogen and oxygen atoms in total. The van der Waals surface area contributed by atoms with Crippen LogP contribution in [0.4, 0.5) is 0 Å². The van der Waals surface area contributed by atoms with Crippen molar-refractivity contribution in [3.8, 4) is 0 Å². The van der Waals surface area contributed by atoms with Gasteiger partial charge in [-0.15, -0.1) is 0 Å². The Morgan fingerprint density at radius 2 is 1.61 bits per heavy atom. The van der Waals surface area contributed by atoms with Gasteiger partial charge in [-0.3, -0.25) is 4.79 Å². The first-order valence-electron chi connectivity index (χ1n) is 5.81. The van der Waals surface area contributed by atoms with Crippen LogP contribution in [0, 0.1) is 0 Å². The van der Waals surface area contributed by atoms with Gasteiger partial charge in [0.05, 0.1) is 5.56 Å². The van der Waals surface area contributed by atoms with Crippen LogP contribution in [0.2, 0.25) is 0 Å². The summed E-state index contributed by atoms with van der Waals surface area (Å²) in [5.74, 6) is -1.55. The lowest BCUT2D eigenvalue weighted by Crippen LogP contribution is -2.15. The number of carboxylic acid groups (broad SMARTS) is 1. The minimum atomic E-state index is -0.960. The van der Waals surface area contributed by atoms with Gasteiger partial charge in [-0.2, -0.15) is 0 Å². The molecule has 0 aromatic heterocycles. The van der Waals surface area contributed by atoms with Crippen LogP contribution >= 0.6 is 0 Å². The third-order valence-electron chi connectivity index (χ3n) is 2.99. The van der Waals surface area contributed by atoms with Crippen molar-refractivity contribution in [1.82, 2.24) is 0 Å². The Kier molecular flexibility index (Phi) is 4.26. The third kappa shape index (κ3) is 2.42. The summed E-state index contributed by atoms with van der Waals surface area (Å²) in [4.78, 5) is 22.3. The Bertz CT molecular complexity index is 518. The fraction of sp³-hybridized carbons (Fsp3) is 0.286. The number of amides is 1. The Labute approximate surface area is 106 Å². The van der Waals surface area contributed by atoms with Crippen LogP contribution in [0.15, 0.2) is 18.7 Å². The van der Waals surface area contributed by atoms with E-state index in [2.05, 4.69) is 6.58 Å². The monoisotopic (exact) mass is 247 g/mol. The predicted octanol–water partition coefficient (Wildman–Crippen LogP) is 2.01. The lowest BCUT2D eigenvalue weighted by molar-refractivity contribution is -0.112. The number of primary amides is 1. The minimum absolute atomic E-state index is 0.221. The number of benzene rings is 1. The molecule has 4 heteroatoms. The molecule has 1 amide bonds. The van der Waals surface area contributed by atoms with Gasteiger partial charge in [0, 0.05) is 5.57 Å². The lowest BCUT2D eigenvalue weighted by Gasteiger charge is -2.15. The first-order valence-corrected chi connectivity index (χ1v) is 5.81.